The Kier molecular flexibility index (Phi) is 3.44. The van der Waals surface area contributed by atoms with Crippen LogP contribution in [0.5, 0.6) is 0 Å². The summed E-state index contributed by atoms with van der Waals surface area (Å²) in [6.45, 7) is 0. The lowest BCUT2D eigenvalue weighted by atomic mass is 9.83. The highest BCUT2D eigenvalue weighted by molar-refractivity contribution is 7.74. The molecular weight excluding hydrogens is 308 g/mol. The number of fused-ring (bicyclic) bond motifs is 2. The van der Waals surface area contributed by atoms with Crippen molar-refractivity contribution in [2.24, 2.45) is 0 Å². The highest BCUT2D eigenvalue weighted by atomic mass is 32.2. The van der Waals surface area contributed by atoms with Crippen LogP contribution in [-0.4, -0.2) is 26.3 Å². The monoisotopic (exact) mass is 316 g/mol. The Morgan fingerprint density at radius 1 is 0.909 bits per heavy atom. The second kappa shape index (κ2) is 5.28. The van der Waals surface area contributed by atoms with E-state index in [9.17, 15) is 18.6 Å². The van der Waals surface area contributed by atoms with Crippen molar-refractivity contribution in [3.05, 3.63) is 70.3 Å². The fourth-order valence-electron chi connectivity index (χ4n) is 2.34. The van der Waals surface area contributed by atoms with E-state index in [2.05, 4.69) is 4.18 Å². The van der Waals surface area contributed by atoms with Gasteiger partial charge >= 0.3 is 17.3 Å². The van der Waals surface area contributed by atoms with Crippen molar-refractivity contribution in [1.82, 2.24) is 0 Å². The second-order valence-electron chi connectivity index (χ2n) is 4.55. The number of hydrogen-bond donors (Lipinski definition) is 1. The van der Waals surface area contributed by atoms with Gasteiger partial charge in [-0.05, 0) is 18.2 Å². The van der Waals surface area contributed by atoms with Gasteiger partial charge in [0.2, 0.25) is 0 Å². The Morgan fingerprint density at radius 3 is 2.05 bits per heavy atom. The quantitative estimate of drug-likeness (QED) is 0.723. The normalized spacial score (nSPS) is 14.0. The summed E-state index contributed by atoms with van der Waals surface area (Å²) in [7, 11) is 0. The predicted molar refractivity (Wildman–Crippen MR) is 75.9 cm³/mol. The Morgan fingerprint density at radius 2 is 1.45 bits per heavy atom. The molecular formula is C15H8O6S. The van der Waals surface area contributed by atoms with Crippen molar-refractivity contribution in [1.29, 1.82) is 0 Å². The number of carbonyl (C=O) groups is 3. The van der Waals surface area contributed by atoms with Crippen molar-refractivity contribution in [2.75, 3.05) is 0 Å². The molecule has 1 aliphatic rings. The van der Waals surface area contributed by atoms with Crippen molar-refractivity contribution in [2.45, 2.75) is 0 Å². The molecule has 7 heteroatoms. The zero-order valence-corrected chi connectivity index (χ0v) is 11.8. The van der Waals surface area contributed by atoms with E-state index in [0.717, 1.165) is 0 Å². The maximum Gasteiger partial charge on any atom is 0.360 e. The molecule has 0 heterocycles. The molecule has 1 unspecified atom stereocenters. The van der Waals surface area contributed by atoms with Crippen LogP contribution in [0.15, 0.2) is 42.5 Å². The third-order valence-corrected chi connectivity index (χ3v) is 3.60. The van der Waals surface area contributed by atoms with Gasteiger partial charge in [-0.15, -0.1) is 0 Å². The number of hydrogen-bond acceptors (Lipinski definition) is 5. The maximum absolute atomic E-state index is 12.4. The first-order valence-corrected chi connectivity index (χ1v) is 7.18. The zero-order chi connectivity index (χ0) is 15.9. The molecule has 0 aromatic heterocycles. The largest absolute Gasteiger partial charge is 0.360 e. The van der Waals surface area contributed by atoms with E-state index in [1.165, 1.54) is 24.3 Å². The van der Waals surface area contributed by atoms with Gasteiger partial charge in [0.25, 0.3) is 0 Å². The van der Waals surface area contributed by atoms with E-state index < -0.39 is 17.3 Å². The fourth-order valence-corrected chi connectivity index (χ4v) is 2.56. The molecule has 3 rings (SSSR count). The summed E-state index contributed by atoms with van der Waals surface area (Å²) in [6, 6.07) is 10.2. The van der Waals surface area contributed by atoms with Gasteiger partial charge in [0.1, 0.15) is 0 Å². The van der Waals surface area contributed by atoms with E-state index in [4.69, 9.17) is 4.55 Å². The van der Waals surface area contributed by atoms with Gasteiger partial charge in [0.15, 0.2) is 11.6 Å². The summed E-state index contributed by atoms with van der Waals surface area (Å²) in [6.07, 6.45) is 0. The van der Waals surface area contributed by atoms with Crippen LogP contribution in [0.1, 0.15) is 42.2 Å². The average Bonchev–Trinajstić information content (AvgIpc) is 2.51. The Balaban J connectivity index is 2.10. The van der Waals surface area contributed by atoms with Gasteiger partial charge in [-0.2, -0.15) is 4.21 Å². The van der Waals surface area contributed by atoms with E-state index in [1.807, 2.05) is 0 Å². The molecule has 6 nitrogen and oxygen atoms in total. The van der Waals surface area contributed by atoms with Gasteiger partial charge in [-0.1, -0.05) is 24.3 Å². The first-order valence-electron chi connectivity index (χ1n) is 6.15. The Labute approximate surface area is 127 Å². The SMILES string of the molecule is O=C(OS(=O)O)c1ccc2c(c1)C(=O)c1ccccc1C2=O. The summed E-state index contributed by atoms with van der Waals surface area (Å²) in [5.41, 5.74) is 0.747. The number of rotatable bonds is 2. The topological polar surface area (TPSA) is 97.7 Å². The molecule has 1 aliphatic carbocycles. The molecule has 0 spiro atoms. The molecule has 0 saturated carbocycles. The number of carbonyl (C=O) groups excluding carboxylic acids is 3. The van der Waals surface area contributed by atoms with Crippen LogP contribution in [0.3, 0.4) is 0 Å². The van der Waals surface area contributed by atoms with E-state index >= 15 is 0 Å². The molecule has 1 atom stereocenters. The van der Waals surface area contributed by atoms with Crippen LogP contribution in [0.4, 0.5) is 0 Å². The van der Waals surface area contributed by atoms with Crippen LogP contribution in [0.25, 0.3) is 0 Å². The minimum Gasteiger partial charge on any atom is -0.339 e. The van der Waals surface area contributed by atoms with E-state index in [-0.39, 0.29) is 33.8 Å². The summed E-state index contributed by atoms with van der Waals surface area (Å²) in [4.78, 5) is 36.4. The van der Waals surface area contributed by atoms with Crippen molar-refractivity contribution < 1.29 is 27.3 Å². The Bertz CT molecular complexity index is 855. The van der Waals surface area contributed by atoms with Gasteiger partial charge < -0.3 is 4.18 Å². The predicted octanol–water partition coefficient (Wildman–Crippen LogP) is 1.76. The smallest absolute Gasteiger partial charge is 0.339 e. The maximum atomic E-state index is 12.4. The average molecular weight is 316 g/mol. The molecule has 0 saturated heterocycles. The first-order chi connectivity index (χ1) is 10.5. The van der Waals surface area contributed by atoms with Crippen molar-refractivity contribution >= 4 is 28.9 Å². The molecule has 0 aliphatic heterocycles. The molecule has 2 aromatic carbocycles. The molecule has 1 N–H and O–H groups in total. The molecule has 0 amide bonds. The van der Waals surface area contributed by atoms with Gasteiger partial charge in [-0.3, -0.25) is 14.1 Å². The fraction of sp³-hybridized carbons (Fsp3) is 0. The molecule has 0 radical (unpaired) electrons. The van der Waals surface area contributed by atoms with Gasteiger partial charge in [0, 0.05) is 22.3 Å². The lowest BCUT2D eigenvalue weighted by Crippen LogP contribution is -2.21. The van der Waals surface area contributed by atoms with E-state index in [1.54, 1.807) is 18.2 Å². The number of ketones is 2. The highest BCUT2D eigenvalue weighted by Crippen LogP contribution is 2.28. The first kappa shape index (κ1) is 14.3. The van der Waals surface area contributed by atoms with Crippen LogP contribution in [-0.2, 0) is 15.5 Å². The standard InChI is InChI=1S/C15H8O6S/c16-13-9-3-1-2-4-10(9)14(17)12-7-8(5-6-11(12)13)15(18)21-22(19)20/h1-7H,(H,19,20). The van der Waals surface area contributed by atoms with E-state index in [0.29, 0.717) is 5.56 Å². The lowest BCUT2D eigenvalue weighted by molar-refractivity contribution is 0.0743. The summed E-state index contributed by atoms with van der Waals surface area (Å²) in [5.74, 6) is -1.75. The number of benzene rings is 2. The molecule has 0 fully saturated rings. The molecule has 2 aromatic rings. The van der Waals surface area contributed by atoms with Gasteiger partial charge in [-0.25, -0.2) is 4.79 Å². The molecule has 0 bridgehead atoms. The van der Waals surface area contributed by atoms with Crippen LogP contribution >= 0.6 is 0 Å². The lowest BCUT2D eigenvalue weighted by Gasteiger charge is -2.17. The summed E-state index contributed by atoms with van der Waals surface area (Å²) in [5, 5.41) is 0. The summed E-state index contributed by atoms with van der Waals surface area (Å²) < 4.78 is 23.2. The molecule has 22 heavy (non-hydrogen) atoms. The Hall–Kier alpha value is -2.64. The van der Waals surface area contributed by atoms with Crippen LogP contribution in [0.2, 0.25) is 0 Å². The molecule has 110 valence electrons. The summed E-state index contributed by atoms with van der Waals surface area (Å²) >= 11 is -2.75. The zero-order valence-electron chi connectivity index (χ0n) is 10.9. The highest BCUT2D eigenvalue weighted by Gasteiger charge is 2.30. The van der Waals surface area contributed by atoms with Gasteiger partial charge in [0.05, 0.1) is 5.56 Å². The van der Waals surface area contributed by atoms with Crippen molar-refractivity contribution in [3.63, 3.8) is 0 Å². The second-order valence-corrected chi connectivity index (χ2v) is 5.15. The van der Waals surface area contributed by atoms with Crippen LogP contribution in [0, 0.1) is 0 Å². The minimum absolute atomic E-state index is 0.0712. The van der Waals surface area contributed by atoms with Crippen molar-refractivity contribution in [3.8, 4) is 0 Å². The van der Waals surface area contributed by atoms with Crippen LogP contribution < -0.4 is 0 Å². The third kappa shape index (κ3) is 2.26. The minimum atomic E-state index is -2.75. The third-order valence-electron chi connectivity index (χ3n) is 3.31.